The highest BCUT2D eigenvalue weighted by Crippen LogP contribution is 2.21. The van der Waals surface area contributed by atoms with Crippen molar-refractivity contribution in [2.75, 3.05) is 39.3 Å². The van der Waals surface area contributed by atoms with Crippen LogP contribution >= 0.6 is 0 Å². The molecule has 2 saturated heterocycles. The van der Waals surface area contributed by atoms with Gasteiger partial charge < -0.3 is 10.2 Å². The van der Waals surface area contributed by atoms with Gasteiger partial charge in [0, 0.05) is 32.6 Å². The predicted octanol–water partition coefficient (Wildman–Crippen LogP) is 1.83. The van der Waals surface area contributed by atoms with E-state index in [1.54, 1.807) is 4.90 Å². The van der Waals surface area contributed by atoms with E-state index >= 15 is 0 Å². The fraction of sp³-hybridized carbons (Fsp3) is 0.632. The number of benzene rings is 1. The molecule has 0 bridgehead atoms. The van der Waals surface area contributed by atoms with Crippen molar-refractivity contribution in [1.82, 2.24) is 14.5 Å². The smallest absolute Gasteiger partial charge is 0.243 e. The molecular weight excluding hydrogens is 369 g/mol. The first-order chi connectivity index (χ1) is 13.0. The standard InChI is InChI=1S/C19H28FN3O3S/c20-17-3-5-18(6-4-17)27(25,26)23-13-1-12-22(14-15-23)19(24)7-2-16-8-10-21-11-9-16/h3-6,16,21H,1-2,7-15H2. The van der Waals surface area contributed by atoms with Crippen molar-refractivity contribution >= 4 is 15.9 Å². The molecule has 8 heteroatoms. The van der Waals surface area contributed by atoms with Crippen LogP contribution in [0.5, 0.6) is 0 Å². The lowest BCUT2D eigenvalue weighted by molar-refractivity contribution is -0.131. The zero-order valence-corrected chi connectivity index (χ0v) is 16.4. The van der Waals surface area contributed by atoms with Crippen molar-refractivity contribution in [3.63, 3.8) is 0 Å². The van der Waals surface area contributed by atoms with Crippen molar-refractivity contribution < 1.29 is 17.6 Å². The molecular formula is C19H28FN3O3S. The normalized spacial score (nSPS) is 20.4. The molecule has 6 nitrogen and oxygen atoms in total. The minimum Gasteiger partial charge on any atom is -0.341 e. The SMILES string of the molecule is O=C(CCC1CCNCC1)N1CCCN(S(=O)(=O)c2ccc(F)cc2)CC1. The van der Waals surface area contributed by atoms with E-state index in [2.05, 4.69) is 5.32 Å². The van der Waals surface area contributed by atoms with Crippen molar-refractivity contribution in [3.8, 4) is 0 Å². The molecule has 2 aliphatic heterocycles. The first-order valence-corrected chi connectivity index (χ1v) is 11.1. The third-order valence-electron chi connectivity index (χ3n) is 5.48. The summed E-state index contributed by atoms with van der Waals surface area (Å²) in [5.74, 6) is 0.266. The van der Waals surface area contributed by atoms with Crippen LogP contribution in [0.4, 0.5) is 4.39 Å². The van der Waals surface area contributed by atoms with Crippen molar-refractivity contribution in [2.24, 2.45) is 5.92 Å². The summed E-state index contributed by atoms with van der Waals surface area (Å²) in [6.07, 6.45) is 4.30. The molecule has 1 N–H and O–H groups in total. The van der Waals surface area contributed by atoms with Crippen molar-refractivity contribution in [2.45, 2.75) is 37.0 Å². The van der Waals surface area contributed by atoms with Crippen LogP contribution in [0.15, 0.2) is 29.2 Å². The van der Waals surface area contributed by atoms with E-state index < -0.39 is 15.8 Å². The van der Waals surface area contributed by atoms with E-state index in [9.17, 15) is 17.6 Å². The molecule has 0 aliphatic carbocycles. The average molecular weight is 398 g/mol. The Morgan fingerprint density at radius 1 is 1.07 bits per heavy atom. The number of halogens is 1. The van der Waals surface area contributed by atoms with Gasteiger partial charge in [0.05, 0.1) is 4.90 Å². The molecule has 2 aliphatic rings. The minimum atomic E-state index is -3.66. The van der Waals surface area contributed by atoms with E-state index in [4.69, 9.17) is 0 Å². The second kappa shape index (κ2) is 9.12. The Bertz CT molecular complexity index is 733. The molecule has 1 amide bonds. The molecule has 2 heterocycles. The number of amides is 1. The Balaban J connectivity index is 1.54. The van der Waals surface area contributed by atoms with Crippen LogP contribution in [0.1, 0.15) is 32.1 Å². The lowest BCUT2D eigenvalue weighted by Gasteiger charge is -2.25. The third-order valence-corrected chi connectivity index (χ3v) is 7.40. The van der Waals surface area contributed by atoms with Crippen LogP contribution in [-0.4, -0.2) is 62.8 Å². The zero-order chi connectivity index (χ0) is 19.3. The number of hydrogen-bond donors (Lipinski definition) is 1. The largest absolute Gasteiger partial charge is 0.341 e. The summed E-state index contributed by atoms with van der Waals surface area (Å²) < 4.78 is 40.0. The van der Waals surface area contributed by atoms with Gasteiger partial charge in [-0.25, -0.2) is 12.8 Å². The summed E-state index contributed by atoms with van der Waals surface area (Å²) in [6.45, 7) is 3.69. The van der Waals surface area contributed by atoms with Crippen LogP contribution in [-0.2, 0) is 14.8 Å². The van der Waals surface area contributed by atoms with Gasteiger partial charge in [-0.05, 0) is 69.0 Å². The van der Waals surface area contributed by atoms with Crippen molar-refractivity contribution in [1.29, 1.82) is 0 Å². The highest BCUT2D eigenvalue weighted by molar-refractivity contribution is 7.89. The molecule has 0 aromatic heterocycles. The van der Waals surface area contributed by atoms with Gasteiger partial charge in [0.25, 0.3) is 0 Å². The summed E-state index contributed by atoms with van der Waals surface area (Å²) in [7, 11) is -3.66. The molecule has 0 radical (unpaired) electrons. The molecule has 0 spiro atoms. The second-order valence-corrected chi connectivity index (χ2v) is 9.26. The number of nitrogens with zero attached hydrogens (tertiary/aromatic N) is 2. The fourth-order valence-corrected chi connectivity index (χ4v) is 5.26. The summed E-state index contributed by atoms with van der Waals surface area (Å²) in [5, 5.41) is 3.33. The Morgan fingerprint density at radius 2 is 1.78 bits per heavy atom. The van der Waals surface area contributed by atoms with Gasteiger partial charge in [0.2, 0.25) is 15.9 Å². The van der Waals surface area contributed by atoms with Crippen LogP contribution in [0.2, 0.25) is 0 Å². The van der Waals surface area contributed by atoms with Crippen LogP contribution in [0.3, 0.4) is 0 Å². The molecule has 3 rings (SSSR count). The fourth-order valence-electron chi connectivity index (χ4n) is 3.80. The van der Waals surface area contributed by atoms with Gasteiger partial charge in [0.1, 0.15) is 5.82 Å². The molecule has 0 atom stereocenters. The maximum absolute atomic E-state index is 13.1. The van der Waals surface area contributed by atoms with Gasteiger partial charge in [-0.1, -0.05) is 0 Å². The quantitative estimate of drug-likeness (QED) is 0.823. The third kappa shape index (κ3) is 5.27. The van der Waals surface area contributed by atoms with Gasteiger partial charge in [-0.2, -0.15) is 4.31 Å². The Labute approximate surface area is 160 Å². The molecule has 1 aromatic rings. The maximum Gasteiger partial charge on any atom is 0.243 e. The number of rotatable bonds is 5. The summed E-state index contributed by atoms with van der Waals surface area (Å²) in [4.78, 5) is 14.4. The van der Waals surface area contributed by atoms with E-state index in [-0.39, 0.29) is 17.3 Å². The number of nitrogens with one attached hydrogen (secondary N) is 1. The Kier molecular flexibility index (Phi) is 6.83. The van der Waals surface area contributed by atoms with Crippen LogP contribution in [0, 0.1) is 11.7 Å². The second-order valence-electron chi connectivity index (χ2n) is 7.32. The van der Waals surface area contributed by atoms with E-state index in [1.807, 2.05) is 0 Å². The molecule has 27 heavy (non-hydrogen) atoms. The number of piperidine rings is 1. The Hall–Kier alpha value is -1.51. The highest BCUT2D eigenvalue weighted by atomic mass is 32.2. The van der Waals surface area contributed by atoms with Gasteiger partial charge in [-0.3, -0.25) is 4.79 Å². The highest BCUT2D eigenvalue weighted by Gasteiger charge is 2.28. The maximum atomic E-state index is 13.1. The number of sulfonamides is 1. The Morgan fingerprint density at radius 3 is 2.48 bits per heavy atom. The summed E-state index contributed by atoms with van der Waals surface area (Å²) in [6, 6.07) is 4.89. The molecule has 0 saturated carbocycles. The molecule has 2 fully saturated rings. The van der Waals surface area contributed by atoms with Gasteiger partial charge in [-0.15, -0.1) is 0 Å². The number of hydrogen-bond acceptors (Lipinski definition) is 4. The van der Waals surface area contributed by atoms with Gasteiger partial charge in [0.15, 0.2) is 0 Å². The van der Waals surface area contributed by atoms with Crippen LogP contribution in [0.25, 0.3) is 0 Å². The summed E-state index contributed by atoms with van der Waals surface area (Å²) in [5.41, 5.74) is 0. The van der Waals surface area contributed by atoms with E-state index in [0.717, 1.165) is 44.5 Å². The summed E-state index contributed by atoms with van der Waals surface area (Å²) >= 11 is 0. The van der Waals surface area contributed by atoms with E-state index in [0.29, 0.717) is 38.4 Å². The number of carbonyl (C=O) groups is 1. The van der Waals surface area contributed by atoms with Crippen molar-refractivity contribution in [3.05, 3.63) is 30.1 Å². The average Bonchev–Trinajstić information content (AvgIpc) is 2.94. The first kappa shape index (κ1) is 20.2. The first-order valence-electron chi connectivity index (χ1n) is 9.71. The van der Waals surface area contributed by atoms with E-state index in [1.165, 1.54) is 16.4 Å². The molecule has 150 valence electrons. The van der Waals surface area contributed by atoms with Crippen LogP contribution < -0.4 is 5.32 Å². The molecule has 1 aromatic carbocycles. The monoisotopic (exact) mass is 397 g/mol. The minimum absolute atomic E-state index is 0.0922. The lowest BCUT2D eigenvalue weighted by Crippen LogP contribution is -2.37. The topological polar surface area (TPSA) is 69.7 Å². The lowest BCUT2D eigenvalue weighted by atomic mass is 9.93. The zero-order valence-electron chi connectivity index (χ0n) is 15.6. The number of carbonyl (C=O) groups excluding carboxylic acids is 1. The predicted molar refractivity (Wildman–Crippen MR) is 101 cm³/mol. The van der Waals surface area contributed by atoms with Gasteiger partial charge >= 0.3 is 0 Å². The molecule has 0 unspecified atom stereocenters.